The number of aliphatic hydroxyl groups is 2. The zero-order valence-electron chi connectivity index (χ0n) is 22.4. The summed E-state index contributed by atoms with van der Waals surface area (Å²) in [4.78, 5) is 4.80. The van der Waals surface area contributed by atoms with E-state index in [1.54, 1.807) is 0 Å². The molecule has 1 saturated heterocycles. The zero-order valence-corrected chi connectivity index (χ0v) is 22.4. The highest BCUT2D eigenvalue weighted by molar-refractivity contribution is 5.15. The van der Waals surface area contributed by atoms with Crippen molar-refractivity contribution < 1.29 is 10.2 Å². The SMILES string of the molecule is O[C@@H](CCCCCCc1ccccc1)CN1CCN(C[C@@H](O)CCCCCCc2ccccc2)CC1. The van der Waals surface area contributed by atoms with Crippen LogP contribution in [0.2, 0.25) is 0 Å². The second kappa shape index (κ2) is 17.7. The Morgan fingerprint density at radius 3 is 1.25 bits per heavy atom. The second-order valence-electron chi connectivity index (χ2n) is 10.8. The van der Waals surface area contributed by atoms with Crippen LogP contribution in [-0.2, 0) is 12.8 Å². The minimum Gasteiger partial charge on any atom is -0.392 e. The summed E-state index contributed by atoms with van der Waals surface area (Å²) in [5.41, 5.74) is 2.86. The molecule has 0 spiro atoms. The molecule has 2 atom stereocenters. The zero-order chi connectivity index (χ0) is 25.3. The molecule has 0 amide bonds. The molecular formula is C32H50N2O2. The van der Waals surface area contributed by atoms with E-state index in [1.807, 2.05) is 0 Å². The van der Waals surface area contributed by atoms with Crippen LogP contribution in [0.15, 0.2) is 60.7 Å². The standard InChI is InChI=1S/C32H50N2O2/c35-31(21-13-3-1-7-15-29-17-9-5-10-18-29)27-33-23-25-34(26-24-33)28-32(36)22-14-4-2-8-16-30-19-11-6-12-20-30/h5-6,9-12,17-20,31-32,35-36H,1-4,7-8,13-16,21-28H2/t31-,32-/m0/s1. The molecular weight excluding hydrogens is 444 g/mol. The average Bonchev–Trinajstić information content (AvgIpc) is 2.90. The molecule has 0 bridgehead atoms. The summed E-state index contributed by atoms with van der Waals surface area (Å²) in [6, 6.07) is 21.4. The molecule has 0 aromatic heterocycles. The van der Waals surface area contributed by atoms with Crippen molar-refractivity contribution >= 4 is 0 Å². The molecule has 2 N–H and O–H groups in total. The highest BCUT2D eigenvalue weighted by Crippen LogP contribution is 2.13. The number of benzene rings is 2. The first-order chi connectivity index (χ1) is 17.7. The number of hydrogen-bond acceptors (Lipinski definition) is 4. The highest BCUT2D eigenvalue weighted by atomic mass is 16.3. The van der Waals surface area contributed by atoms with Crippen LogP contribution in [0.4, 0.5) is 0 Å². The number of nitrogens with zero attached hydrogens (tertiary/aromatic N) is 2. The summed E-state index contributed by atoms with van der Waals surface area (Å²) >= 11 is 0. The van der Waals surface area contributed by atoms with Crippen molar-refractivity contribution in [2.45, 2.75) is 89.3 Å². The summed E-state index contributed by atoms with van der Waals surface area (Å²) in [6.45, 7) is 5.59. The van der Waals surface area contributed by atoms with Crippen molar-refractivity contribution in [3.05, 3.63) is 71.8 Å². The number of unbranched alkanes of at least 4 members (excludes halogenated alkanes) is 6. The Bertz CT molecular complexity index is 710. The van der Waals surface area contributed by atoms with Crippen LogP contribution in [0.5, 0.6) is 0 Å². The van der Waals surface area contributed by atoms with E-state index in [1.165, 1.54) is 49.7 Å². The topological polar surface area (TPSA) is 46.9 Å². The second-order valence-corrected chi connectivity index (χ2v) is 10.8. The normalized spacial score (nSPS) is 16.7. The predicted molar refractivity (Wildman–Crippen MR) is 151 cm³/mol. The molecule has 2 aromatic carbocycles. The van der Waals surface area contributed by atoms with E-state index in [0.29, 0.717) is 0 Å². The van der Waals surface area contributed by atoms with Gasteiger partial charge in [0.1, 0.15) is 0 Å². The van der Waals surface area contributed by atoms with Crippen molar-refractivity contribution in [1.29, 1.82) is 0 Å². The lowest BCUT2D eigenvalue weighted by atomic mass is 10.0. The van der Waals surface area contributed by atoms with Gasteiger partial charge in [0, 0.05) is 39.3 Å². The minimum absolute atomic E-state index is 0.210. The molecule has 4 heteroatoms. The molecule has 2 aromatic rings. The molecule has 0 aliphatic carbocycles. The first kappa shape index (κ1) is 28.8. The van der Waals surface area contributed by atoms with Crippen molar-refractivity contribution in [1.82, 2.24) is 9.80 Å². The fourth-order valence-electron chi connectivity index (χ4n) is 5.35. The van der Waals surface area contributed by atoms with E-state index < -0.39 is 0 Å². The van der Waals surface area contributed by atoms with Crippen molar-refractivity contribution in [3.8, 4) is 0 Å². The molecule has 4 nitrogen and oxygen atoms in total. The lowest BCUT2D eigenvalue weighted by molar-refractivity contribution is 0.0434. The van der Waals surface area contributed by atoms with E-state index in [0.717, 1.165) is 77.8 Å². The van der Waals surface area contributed by atoms with Crippen LogP contribution in [0.25, 0.3) is 0 Å². The molecule has 1 aliphatic rings. The van der Waals surface area contributed by atoms with Gasteiger partial charge in [0.05, 0.1) is 12.2 Å². The molecule has 0 saturated carbocycles. The van der Waals surface area contributed by atoms with Gasteiger partial charge in [-0.25, -0.2) is 0 Å². The van der Waals surface area contributed by atoms with Gasteiger partial charge >= 0.3 is 0 Å². The van der Waals surface area contributed by atoms with E-state index in [4.69, 9.17) is 0 Å². The molecule has 1 fully saturated rings. The third kappa shape index (κ3) is 12.5. The Morgan fingerprint density at radius 1 is 0.500 bits per heavy atom. The quantitative estimate of drug-likeness (QED) is 0.261. The van der Waals surface area contributed by atoms with Crippen molar-refractivity contribution in [2.75, 3.05) is 39.3 Å². The first-order valence-corrected chi connectivity index (χ1v) is 14.6. The van der Waals surface area contributed by atoms with Crippen LogP contribution < -0.4 is 0 Å². The number of hydrogen-bond donors (Lipinski definition) is 2. The number of aliphatic hydroxyl groups excluding tert-OH is 2. The summed E-state index contributed by atoms with van der Waals surface area (Å²) in [5, 5.41) is 21.0. The highest BCUT2D eigenvalue weighted by Gasteiger charge is 2.20. The average molecular weight is 495 g/mol. The van der Waals surface area contributed by atoms with Crippen molar-refractivity contribution in [2.24, 2.45) is 0 Å². The maximum Gasteiger partial charge on any atom is 0.0667 e. The fraction of sp³-hybridized carbons (Fsp3) is 0.625. The summed E-state index contributed by atoms with van der Waals surface area (Å²) < 4.78 is 0. The van der Waals surface area contributed by atoms with E-state index in [9.17, 15) is 10.2 Å². The van der Waals surface area contributed by atoms with Crippen LogP contribution >= 0.6 is 0 Å². The molecule has 1 aliphatic heterocycles. The summed E-state index contributed by atoms with van der Waals surface area (Å²) in [6.07, 6.45) is 13.4. The summed E-state index contributed by atoms with van der Waals surface area (Å²) in [5.74, 6) is 0. The van der Waals surface area contributed by atoms with Gasteiger partial charge in [-0.05, 0) is 49.7 Å². The molecule has 36 heavy (non-hydrogen) atoms. The number of aryl methyl sites for hydroxylation is 2. The lowest BCUT2D eigenvalue weighted by Gasteiger charge is -2.36. The Hall–Kier alpha value is -1.72. The third-order valence-electron chi connectivity index (χ3n) is 7.59. The van der Waals surface area contributed by atoms with Gasteiger partial charge < -0.3 is 10.2 Å². The molecule has 0 radical (unpaired) electrons. The third-order valence-corrected chi connectivity index (χ3v) is 7.59. The van der Waals surface area contributed by atoms with Crippen LogP contribution in [-0.4, -0.2) is 71.5 Å². The maximum absolute atomic E-state index is 10.5. The minimum atomic E-state index is -0.210. The first-order valence-electron chi connectivity index (χ1n) is 14.6. The van der Waals surface area contributed by atoms with E-state index in [-0.39, 0.29) is 12.2 Å². The number of β-amino-alcohol motifs (C(OH)–C–C–N with tert-alkyl or cyclic N) is 2. The summed E-state index contributed by atoms with van der Waals surface area (Å²) in [7, 11) is 0. The van der Waals surface area contributed by atoms with Crippen LogP contribution in [0, 0.1) is 0 Å². The molecule has 200 valence electrons. The number of rotatable bonds is 18. The van der Waals surface area contributed by atoms with Crippen molar-refractivity contribution in [3.63, 3.8) is 0 Å². The van der Waals surface area contributed by atoms with E-state index >= 15 is 0 Å². The van der Waals surface area contributed by atoms with Gasteiger partial charge in [0.25, 0.3) is 0 Å². The van der Waals surface area contributed by atoms with Gasteiger partial charge in [-0.3, -0.25) is 9.80 Å². The van der Waals surface area contributed by atoms with E-state index in [2.05, 4.69) is 70.5 Å². The Morgan fingerprint density at radius 2 is 0.861 bits per heavy atom. The Kier molecular flexibility index (Phi) is 14.2. The Labute approximate surface area is 220 Å². The molecule has 1 heterocycles. The van der Waals surface area contributed by atoms with Gasteiger partial charge in [0.2, 0.25) is 0 Å². The van der Waals surface area contributed by atoms with Gasteiger partial charge in [-0.1, -0.05) is 99.2 Å². The van der Waals surface area contributed by atoms with Crippen LogP contribution in [0.3, 0.4) is 0 Å². The Balaban J connectivity index is 1.13. The monoisotopic (exact) mass is 494 g/mol. The maximum atomic E-state index is 10.5. The van der Waals surface area contributed by atoms with Crippen LogP contribution in [0.1, 0.15) is 75.3 Å². The molecule has 3 rings (SSSR count). The number of piperazine rings is 1. The van der Waals surface area contributed by atoms with Gasteiger partial charge in [-0.15, -0.1) is 0 Å². The fourth-order valence-corrected chi connectivity index (χ4v) is 5.35. The molecule has 0 unspecified atom stereocenters. The van der Waals surface area contributed by atoms with Gasteiger partial charge in [-0.2, -0.15) is 0 Å². The predicted octanol–water partition coefficient (Wildman–Crippen LogP) is 5.71. The largest absolute Gasteiger partial charge is 0.392 e. The lowest BCUT2D eigenvalue weighted by Crippen LogP contribution is -2.50. The smallest absolute Gasteiger partial charge is 0.0667 e. The van der Waals surface area contributed by atoms with Gasteiger partial charge in [0.15, 0.2) is 0 Å².